The molecule has 1 N–H and O–H groups in total. The second-order valence-electron chi connectivity index (χ2n) is 5.08. The number of carbonyl (C=O) groups is 1. The molecule has 104 valence electrons. The molecule has 0 fully saturated rings. The van der Waals surface area contributed by atoms with Crippen LogP contribution in [0.5, 0.6) is 0 Å². The minimum atomic E-state index is -0.307. The summed E-state index contributed by atoms with van der Waals surface area (Å²) in [5.74, 6) is -0.462. The summed E-state index contributed by atoms with van der Waals surface area (Å²) in [7, 11) is 0. The molecule has 1 aromatic heterocycles. The van der Waals surface area contributed by atoms with E-state index in [0.717, 1.165) is 5.56 Å². The van der Waals surface area contributed by atoms with Crippen molar-refractivity contribution in [2.24, 2.45) is 0 Å². The highest BCUT2D eigenvalue weighted by atomic mass is 19.1. The van der Waals surface area contributed by atoms with Gasteiger partial charge in [0.2, 0.25) is 0 Å². The Bertz CT molecular complexity index is 618. The second-order valence-corrected chi connectivity index (χ2v) is 5.08. The molecule has 0 radical (unpaired) electrons. The van der Waals surface area contributed by atoms with E-state index in [1.54, 1.807) is 18.3 Å². The number of rotatable bonds is 3. The van der Waals surface area contributed by atoms with Gasteiger partial charge in [-0.25, -0.2) is 4.39 Å². The number of carbonyl (C=O) groups excluding carboxylic acids is 1. The molecule has 0 aliphatic rings. The van der Waals surface area contributed by atoms with E-state index in [1.807, 2.05) is 26.8 Å². The normalized spacial score (nSPS) is 10.7. The molecule has 0 saturated heterocycles. The molecule has 0 aliphatic carbocycles. The van der Waals surface area contributed by atoms with Crippen LogP contribution in [0.2, 0.25) is 0 Å². The lowest BCUT2D eigenvalue weighted by Gasteiger charge is -2.09. The molecule has 1 amide bonds. The van der Waals surface area contributed by atoms with Crippen LogP contribution in [-0.2, 0) is 0 Å². The predicted molar refractivity (Wildman–Crippen MR) is 77.0 cm³/mol. The molecule has 0 spiro atoms. The van der Waals surface area contributed by atoms with E-state index in [0.29, 0.717) is 16.8 Å². The maximum absolute atomic E-state index is 13.4. The van der Waals surface area contributed by atoms with Crippen LogP contribution in [0.3, 0.4) is 0 Å². The Labute approximate surface area is 117 Å². The van der Waals surface area contributed by atoms with Crippen molar-refractivity contribution in [2.45, 2.75) is 26.8 Å². The Kier molecular flexibility index (Phi) is 4.13. The highest BCUT2D eigenvalue weighted by Gasteiger charge is 2.09. The van der Waals surface area contributed by atoms with Crippen LogP contribution in [0.4, 0.5) is 4.39 Å². The maximum Gasteiger partial charge on any atom is 0.251 e. The van der Waals surface area contributed by atoms with Crippen molar-refractivity contribution in [3.8, 4) is 11.3 Å². The number of nitrogens with one attached hydrogen (secondary N) is 1. The summed E-state index contributed by atoms with van der Waals surface area (Å²) in [6, 6.07) is 8.10. The summed E-state index contributed by atoms with van der Waals surface area (Å²) < 4.78 is 13.4. The fraction of sp³-hybridized carbons (Fsp3) is 0.250. The van der Waals surface area contributed by atoms with Crippen molar-refractivity contribution in [3.05, 3.63) is 53.5 Å². The van der Waals surface area contributed by atoms with Crippen molar-refractivity contribution >= 4 is 5.91 Å². The van der Waals surface area contributed by atoms with Gasteiger partial charge >= 0.3 is 0 Å². The average molecular weight is 272 g/mol. The molecule has 0 unspecified atom stereocenters. The first kappa shape index (κ1) is 14.2. The topological polar surface area (TPSA) is 42.0 Å². The predicted octanol–water partition coefficient (Wildman–Crippen LogP) is 3.33. The van der Waals surface area contributed by atoms with Gasteiger partial charge < -0.3 is 5.32 Å². The molecule has 1 heterocycles. The quantitative estimate of drug-likeness (QED) is 0.931. The van der Waals surface area contributed by atoms with Crippen molar-refractivity contribution < 1.29 is 9.18 Å². The van der Waals surface area contributed by atoms with Gasteiger partial charge in [-0.3, -0.25) is 9.78 Å². The fourth-order valence-electron chi connectivity index (χ4n) is 1.96. The molecular formula is C16H17FN2O. The highest BCUT2D eigenvalue weighted by molar-refractivity contribution is 5.95. The van der Waals surface area contributed by atoms with E-state index < -0.39 is 0 Å². The summed E-state index contributed by atoms with van der Waals surface area (Å²) in [5.41, 5.74) is 2.59. The smallest absolute Gasteiger partial charge is 0.251 e. The third kappa shape index (κ3) is 3.41. The first-order chi connectivity index (χ1) is 9.45. The number of amides is 1. The molecule has 20 heavy (non-hydrogen) atoms. The molecule has 1 aromatic carbocycles. The number of hydrogen-bond acceptors (Lipinski definition) is 2. The molecule has 2 rings (SSSR count). The van der Waals surface area contributed by atoms with E-state index in [-0.39, 0.29) is 17.8 Å². The first-order valence-electron chi connectivity index (χ1n) is 6.50. The molecule has 0 bridgehead atoms. The number of pyridine rings is 1. The third-order valence-electron chi connectivity index (χ3n) is 2.78. The zero-order valence-electron chi connectivity index (χ0n) is 11.8. The Hall–Kier alpha value is -2.23. The lowest BCUT2D eigenvalue weighted by atomic mass is 10.1. The Morgan fingerprint density at radius 2 is 2.00 bits per heavy atom. The van der Waals surface area contributed by atoms with Gasteiger partial charge in [0.15, 0.2) is 0 Å². The first-order valence-corrected chi connectivity index (χ1v) is 6.50. The van der Waals surface area contributed by atoms with Gasteiger partial charge in [0.05, 0.1) is 5.69 Å². The third-order valence-corrected chi connectivity index (χ3v) is 2.78. The standard InChI is InChI=1S/C16H17FN2O/c1-10(2)19-16(20)12-4-5-18-15(9-12)13-6-11(3)7-14(17)8-13/h4-10H,1-3H3,(H,19,20). The summed E-state index contributed by atoms with van der Waals surface area (Å²) in [6.07, 6.45) is 1.56. The number of aromatic nitrogens is 1. The van der Waals surface area contributed by atoms with Crippen LogP contribution >= 0.6 is 0 Å². The SMILES string of the molecule is Cc1cc(F)cc(-c2cc(C(=O)NC(C)C)ccn2)c1. The summed E-state index contributed by atoms with van der Waals surface area (Å²) in [6.45, 7) is 5.62. The van der Waals surface area contributed by atoms with Gasteiger partial charge in [-0.2, -0.15) is 0 Å². The van der Waals surface area contributed by atoms with Crippen LogP contribution in [0.25, 0.3) is 11.3 Å². The van der Waals surface area contributed by atoms with Crippen molar-refractivity contribution in [2.75, 3.05) is 0 Å². The van der Waals surface area contributed by atoms with E-state index >= 15 is 0 Å². The van der Waals surface area contributed by atoms with E-state index in [9.17, 15) is 9.18 Å². The van der Waals surface area contributed by atoms with Crippen molar-refractivity contribution in [1.82, 2.24) is 10.3 Å². The van der Waals surface area contributed by atoms with Crippen LogP contribution in [0, 0.1) is 12.7 Å². The minimum absolute atomic E-state index is 0.0653. The Morgan fingerprint density at radius 1 is 1.25 bits per heavy atom. The number of benzene rings is 1. The largest absolute Gasteiger partial charge is 0.350 e. The molecular weight excluding hydrogens is 255 g/mol. The Balaban J connectivity index is 2.36. The van der Waals surface area contributed by atoms with Gasteiger partial charge in [0.1, 0.15) is 5.82 Å². The van der Waals surface area contributed by atoms with Gasteiger partial charge in [0.25, 0.3) is 5.91 Å². The van der Waals surface area contributed by atoms with Gasteiger partial charge in [-0.15, -0.1) is 0 Å². The summed E-state index contributed by atoms with van der Waals surface area (Å²) >= 11 is 0. The van der Waals surface area contributed by atoms with Crippen LogP contribution in [0.1, 0.15) is 29.8 Å². The highest BCUT2D eigenvalue weighted by Crippen LogP contribution is 2.20. The van der Waals surface area contributed by atoms with Gasteiger partial charge in [-0.1, -0.05) is 0 Å². The number of halogens is 1. The zero-order valence-corrected chi connectivity index (χ0v) is 11.8. The number of aryl methyl sites for hydroxylation is 1. The molecule has 3 nitrogen and oxygen atoms in total. The molecule has 0 saturated carbocycles. The van der Waals surface area contributed by atoms with Crippen molar-refractivity contribution in [3.63, 3.8) is 0 Å². The number of nitrogens with zero attached hydrogens (tertiary/aromatic N) is 1. The molecule has 0 atom stereocenters. The molecule has 0 aliphatic heterocycles. The van der Waals surface area contributed by atoms with E-state index in [4.69, 9.17) is 0 Å². The minimum Gasteiger partial charge on any atom is -0.350 e. The average Bonchev–Trinajstić information content (AvgIpc) is 2.37. The summed E-state index contributed by atoms with van der Waals surface area (Å²) in [4.78, 5) is 16.2. The summed E-state index contributed by atoms with van der Waals surface area (Å²) in [5, 5.41) is 2.82. The fourth-order valence-corrected chi connectivity index (χ4v) is 1.96. The molecule has 4 heteroatoms. The van der Waals surface area contributed by atoms with Crippen LogP contribution in [-0.4, -0.2) is 16.9 Å². The van der Waals surface area contributed by atoms with Crippen LogP contribution < -0.4 is 5.32 Å². The molecule has 2 aromatic rings. The lowest BCUT2D eigenvalue weighted by molar-refractivity contribution is 0.0943. The van der Waals surface area contributed by atoms with Gasteiger partial charge in [-0.05, 0) is 56.7 Å². The lowest BCUT2D eigenvalue weighted by Crippen LogP contribution is -2.30. The van der Waals surface area contributed by atoms with Crippen molar-refractivity contribution in [1.29, 1.82) is 0 Å². The second kappa shape index (κ2) is 5.82. The monoisotopic (exact) mass is 272 g/mol. The van der Waals surface area contributed by atoms with Crippen LogP contribution in [0.15, 0.2) is 36.5 Å². The van der Waals surface area contributed by atoms with E-state index in [1.165, 1.54) is 12.1 Å². The number of hydrogen-bond donors (Lipinski definition) is 1. The Morgan fingerprint density at radius 3 is 2.65 bits per heavy atom. The maximum atomic E-state index is 13.4. The van der Waals surface area contributed by atoms with Gasteiger partial charge in [0, 0.05) is 23.4 Å². The van der Waals surface area contributed by atoms with E-state index in [2.05, 4.69) is 10.3 Å². The zero-order chi connectivity index (χ0) is 14.7.